The topological polar surface area (TPSA) is 106 Å². The molecule has 0 aliphatic carbocycles. The van der Waals surface area contributed by atoms with E-state index in [0.717, 1.165) is 23.8 Å². The number of rotatable bonds is 9. The summed E-state index contributed by atoms with van der Waals surface area (Å²) in [6.07, 6.45) is 1.07. The first-order valence-corrected chi connectivity index (χ1v) is 9.90. The standard InChI is InChI=1S/C22H29NO6/c1-6-7-15-11-19(24)29-20-13(4)18(9-8-16(15)20)28-14(5)21(25)23-17(22(26)27)10-12(2)3/h8-9,11-12,14,17H,6-7,10H2,1-5H3,(H,23,25)(H,26,27)/t14?,17-/m0/s1. The van der Waals surface area contributed by atoms with E-state index in [1.807, 2.05) is 26.8 Å². The van der Waals surface area contributed by atoms with Crippen LogP contribution in [0.4, 0.5) is 0 Å². The molecule has 1 aromatic carbocycles. The fourth-order valence-electron chi connectivity index (χ4n) is 3.24. The lowest BCUT2D eigenvalue weighted by Gasteiger charge is -2.21. The van der Waals surface area contributed by atoms with Crippen LogP contribution in [0.1, 0.15) is 51.7 Å². The Morgan fingerprint density at radius 2 is 1.93 bits per heavy atom. The molecule has 158 valence electrons. The summed E-state index contributed by atoms with van der Waals surface area (Å²) in [7, 11) is 0. The van der Waals surface area contributed by atoms with Gasteiger partial charge in [-0.3, -0.25) is 4.79 Å². The molecule has 7 nitrogen and oxygen atoms in total. The highest BCUT2D eigenvalue weighted by Crippen LogP contribution is 2.29. The molecule has 0 radical (unpaired) electrons. The van der Waals surface area contributed by atoms with Gasteiger partial charge in [0.15, 0.2) is 6.10 Å². The number of aryl methyl sites for hydroxylation is 2. The minimum Gasteiger partial charge on any atom is -0.480 e. The van der Waals surface area contributed by atoms with Gasteiger partial charge < -0.3 is 19.6 Å². The molecule has 0 spiro atoms. The van der Waals surface area contributed by atoms with Gasteiger partial charge in [-0.1, -0.05) is 27.2 Å². The van der Waals surface area contributed by atoms with Crippen LogP contribution in [-0.2, 0) is 16.0 Å². The van der Waals surface area contributed by atoms with Crippen LogP contribution in [0.25, 0.3) is 11.0 Å². The Balaban J connectivity index is 2.24. The third-order valence-corrected chi connectivity index (χ3v) is 4.71. The molecule has 2 rings (SSSR count). The molecule has 0 saturated carbocycles. The van der Waals surface area contributed by atoms with E-state index in [1.165, 1.54) is 6.07 Å². The first kappa shape index (κ1) is 22.5. The SMILES string of the molecule is CCCc1cc(=O)oc2c(C)c(OC(C)C(=O)N[C@@H](CC(C)C)C(=O)O)ccc12. The molecule has 0 aliphatic heterocycles. The maximum Gasteiger partial charge on any atom is 0.336 e. The van der Waals surface area contributed by atoms with E-state index >= 15 is 0 Å². The predicted molar refractivity (Wildman–Crippen MR) is 110 cm³/mol. The van der Waals surface area contributed by atoms with Crippen LogP contribution in [0.2, 0.25) is 0 Å². The first-order chi connectivity index (χ1) is 13.6. The van der Waals surface area contributed by atoms with Gasteiger partial charge in [0, 0.05) is 17.0 Å². The van der Waals surface area contributed by atoms with Crippen molar-refractivity contribution in [3.8, 4) is 5.75 Å². The number of aliphatic carboxylic acids is 1. The van der Waals surface area contributed by atoms with Gasteiger partial charge in [0.1, 0.15) is 17.4 Å². The minimum absolute atomic E-state index is 0.121. The molecule has 29 heavy (non-hydrogen) atoms. The molecule has 0 saturated heterocycles. The number of amides is 1. The van der Waals surface area contributed by atoms with Crippen LogP contribution in [0.15, 0.2) is 27.4 Å². The fourth-order valence-corrected chi connectivity index (χ4v) is 3.24. The van der Waals surface area contributed by atoms with E-state index in [4.69, 9.17) is 9.15 Å². The van der Waals surface area contributed by atoms with Crippen LogP contribution in [0, 0.1) is 12.8 Å². The van der Waals surface area contributed by atoms with Crippen LogP contribution < -0.4 is 15.7 Å². The van der Waals surface area contributed by atoms with Gasteiger partial charge in [0.05, 0.1) is 0 Å². The number of carboxylic acids is 1. The van der Waals surface area contributed by atoms with Crippen LogP contribution in [-0.4, -0.2) is 29.1 Å². The number of fused-ring (bicyclic) bond motifs is 1. The molecule has 0 fully saturated rings. The second-order valence-corrected chi connectivity index (χ2v) is 7.70. The zero-order valence-electron chi connectivity index (χ0n) is 17.6. The first-order valence-electron chi connectivity index (χ1n) is 9.90. The highest BCUT2D eigenvalue weighted by Gasteiger charge is 2.25. The van der Waals surface area contributed by atoms with Gasteiger partial charge in [-0.25, -0.2) is 9.59 Å². The van der Waals surface area contributed by atoms with Crippen molar-refractivity contribution >= 4 is 22.8 Å². The predicted octanol–water partition coefficient (Wildman–Crippen LogP) is 3.44. The lowest BCUT2D eigenvalue weighted by molar-refractivity contribution is -0.143. The number of ether oxygens (including phenoxy) is 1. The summed E-state index contributed by atoms with van der Waals surface area (Å²) in [4.78, 5) is 35.7. The molecular formula is C22H29NO6. The Hall–Kier alpha value is -2.83. The molecule has 1 unspecified atom stereocenters. The maximum atomic E-state index is 12.4. The van der Waals surface area contributed by atoms with Crippen molar-refractivity contribution in [1.29, 1.82) is 0 Å². The van der Waals surface area contributed by atoms with Crippen LogP contribution in [0.5, 0.6) is 5.75 Å². The summed E-state index contributed by atoms with van der Waals surface area (Å²) in [6, 6.07) is 4.09. The second-order valence-electron chi connectivity index (χ2n) is 7.70. The zero-order valence-corrected chi connectivity index (χ0v) is 17.6. The Morgan fingerprint density at radius 3 is 2.52 bits per heavy atom. The monoisotopic (exact) mass is 403 g/mol. The highest BCUT2D eigenvalue weighted by molar-refractivity contribution is 5.87. The van der Waals surface area contributed by atoms with Crippen molar-refractivity contribution in [3.05, 3.63) is 39.7 Å². The molecular weight excluding hydrogens is 374 g/mol. The Bertz CT molecular complexity index is 946. The van der Waals surface area contributed by atoms with Gasteiger partial charge in [-0.15, -0.1) is 0 Å². The summed E-state index contributed by atoms with van der Waals surface area (Å²) in [5.41, 5.74) is 1.55. The summed E-state index contributed by atoms with van der Waals surface area (Å²) >= 11 is 0. The van der Waals surface area contributed by atoms with Crippen molar-refractivity contribution in [2.24, 2.45) is 5.92 Å². The van der Waals surface area contributed by atoms with Gasteiger partial charge in [0.25, 0.3) is 5.91 Å². The second kappa shape index (κ2) is 9.58. The third kappa shape index (κ3) is 5.59. The van der Waals surface area contributed by atoms with Crippen LogP contribution in [0.3, 0.4) is 0 Å². The third-order valence-electron chi connectivity index (χ3n) is 4.71. The van der Waals surface area contributed by atoms with E-state index in [2.05, 4.69) is 5.32 Å². The number of benzene rings is 1. The molecule has 2 N–H and O–H groups in total. The van der Waals surface area contributed by atoms with E-state index in [1.54, 1.807) is 19.9 Å². The largest absolute Gasteiger partial charge is 0.480 e. The van der Waals surface area contributed by atoms with Crippen molar-refractivity contribution in [2.75, 3.05) is 0 Å². The number of carbonyl (C=O) groups is 2. The molecule has 0 bridgehead atoms. The van der Waals surface area contributed by atoms with E-state index in [0.29, 0.717) is 23.3 Å². The molecule has 2 atom stereocenters. The summed E-state index contributed by atoms with van der Waals surface area (Å²) in [5, 5.41) is 12.7. The minimum atomic E-state index is -1.08. The average molecular weight is 403 g/mol. The molecule has 1 aromatic heterocycles. The maximum absolute atomic E-state index is 12.4. The number of hydrogen-bond donors (Lipinski definition) is 2. The summed E-state index contributed by atoms with van der Waals surface area (Å²) in [5.74, 6) is -1.06. The van der Waals surface area contributed by atoms with E-state index in [9.17, 15) is 19.5 Å². The summed E-state index contributed by atoms with van der Waals surface area (Å²) in [6.45, 7) is 9.13. The Kier molecular flexibility index (Phi) is 7.42. The fraction of sp³-hybridized carbons (Fsp3) is 0.500. The normalized spacial score (nSPS) is 13.3. The van der Waals surface area contributed by atoms with Gasteiger partial charge >= 0.3 is 11.6 Å². The number of hydrogen-bond acceptors (Lipinski definition) is 5. The quantitative estimate of drug-likeness (QED) is 0.621. The molecule has 2 aromatic rings. The highest BCUT2D eigenvalue weighted by atomic mass is 16.5. The summed E-state index contributed by atoms with van der Waals surface area (Å²) < 4.78 is 11.2. The number of nitrogens with one attached hydrogen (secondary N) is 1. The van der Waals surface area contributed by atoms with Crippen molar-refractivity contribution < 1.29 is 23.8 Å². The molecule has 1 heterocycles. The molecule has 0 aliphatic rings. The zero-order chi connectivity index (χ0) is 21.7. The lowest BCUT2D eigenvalue weighted by atomic mass is 10.0. The van der Waals surface area contributed by atoms with Crippen molar-refractivity contribution in [1.82, 2.24) is 5.32 Å². The Labute approximate surface area is 170 Å². The lowest BCUT2D eigenvalue weighted by Crippen LogP contribution is -2.46. The number of carboxylic acid groups (broad SMARTS) is 1. The molecule has 7 heteroatoms. The Morgan fingerprint density at radius 1 is 1.24 bits per heavy atom. The van der Waals surface area contributed by atoms with Crippen LogP contribution >= 0.6 is 0 Å². The molecule has 1 amide bonds. The van der Waals surface area contributed by atoms with Gasteiger partial charge in [0.2, 0.25) is 0 Å². The van der Waals surface area contributed by atoms with Crippen molar-refractivity contribution in [3.63, 3.8) is 0 Å². The van der Waals surface area contributed by atoms with Gasteiger partial charge in [-0.2, -0.15) is 0 Å². The average Bonchev–Trinajstić information content (AvgIpc) is 2.63. The van der Waals surface area contributed by atoms with Crippen molar-refractivity contribution in [2.45, 2.75) is 66.0 Å². The number of carbonyl (C=O) groups excluding carboxylic acids is 1. The van der Waals surface area contributed by atoms with Gasteiger partial charge in [-0.05, 0) is 50.3 Å². The van der Waals surface area contributed by atoms with E-state index in [-0.39, 0.29) is 5.92 Å². The smallest absolute Gasteiger partial charge is 0.336 e. The van der Waals surface area contributed by atoms with E-state index < -0.39 is 29.6 Å².